The molecule has 3 rings (SSSR count). The Labute approximate surface area is 149 Å². The van der Waals surface area contributed by atoms with Crippen molar-refractivity contribution in [2.75, 3.05) is 11.6 Å². The molecule has 1 amide bonds. The highest BCUT2D eigenvalue weighted by molar-refractivity contribution is 7.98. The summed E-state index contributed by atoms with van der Waals surface area (Å²) in [5.74, 6) is 0.572. The van der Waals surface area contributed by atoms with E-state index >= 15 is 0 Å². The second-order valence-corrected chi connectivity index (χ2v) is 6.54. The van der Waals surface area contributed by atoms with E-state index in [-0.39, 0.29) is 11.5 Å². The summed E-state index contributed by atoms with van der Waals surface area (Å²) in [5, 5.41) is 3.48. The van der Waals surface area contributed by atoms with E-state index in [0.29, 0.717) is 36.0 Å². The zero-order valence-electron chi connectivity index (χ0n) is 13.9. The van der Waals surface area contributed by atoms with Crippen LogP contribution in [0.2, 0.25) is 0 Å². The van der Waals surface area contributed by atoms with Gasteiger partial charge in [0, 0.05) is 23.4 Å². The number of carbonyl (C=O) groups excluding carboxylic acids is 1. The van der Waals surface area contributed by atoms with Crippen LogP contribution in [-0.4, -0.2) is 22.1 Å². The summed E-state index contributed by atoms with van der Waals surface area (Å²) in [4.78, 5) is 32.4. The van der Waals surface area contributed by atoms with Crippen LogP contribution in [0.3, 0.4) is 0 Å². The number of nitrogens with zero attached hydrogens (tertiary/aromatic N) is 1. The van der Waals surface area contributed by atoms with Crippen LogP contribution in [-0.2, 0) is 11.2 Å². The summed E-state index contributed by atoms with van der Waals surface area (Å²) in [5.41, 5.74) is 1.34. The molecule has 0 radical (unpaired) electrons. The number of amides is 1. The van der Waals surface area contributed by atoms with E-state index in [0.717, 1.165) is 10.6 Å². The minimum atomic E-state index is -0.140. The van der Waals surface area contributed by atoms with Gasteiger partial charge < -0.3 is 10.3 Å². The third-order valence-corrected chi connectivity index (χ3v) is 4.56. The number of H-pyrrole nitrogens is 1. The van der Waals surface area contributed by atoms with Crippen LogP contribution in [0.1, 0.15) is 18.7 Å². The lowest BCUT2D eigenvalue weighted by atomic mass is 10.2. The predicted molar refractivity (Wildman–Crippen MR) is 102 cm³/mol. The standard InChI is InChI=1S/C19H19N3O2S/c1-25-14-7-4-6-13(12-14)20-18(23)11-5-10-17-21-16-9-3-2-8-15(16)19(24)22-17/h2-4,6-9,12H,5,10-11H2,1H3,(H,20,23)(H,21,22,24). The first-order valence-corrected chi connectivity index (χ1v) is 9.30. The summed E-state index contributed by atoms with van der Waals surface area (Å²) in [6.07, 6.45) is 3.55. The molecular formula is C19H19N3O2S. The van der Waals surface area contributed by atoms with Crippen molar-refractivity contribution in [2.24, 2.45) is 0 Å². The number of rotatable bonds is 6. The number of aryl methyl sites for hydroxylation is 1. The normalized spacial score (nSPS) is 10.8. The van der Waals surface area contributed by atoms with Crippen molar-refractivity contribution in [1.82, 2.24) is 9.97 Å². The smallest absolute Gasteiger partial charge is 0.258 e. The van der Waals surface area contributed by atoms with Gasteiger partial charge in [0.2, 0.25) is 5.91 Å². The summed E-state index contributed by atoms with van der Waals surface area (Å²) in [6.45, 7) is 0. The van der Waals surface area contributed by atoms with Crippen LogP contribution in [0.15, 0.2) is 58.2 Å². The molecular weight excluding hydrogens is 334 g/mol. The van der Waals surface area contributed by atoms with Crippen LogP contribution in [0.5, 0.6) is 0 Å². The van der Waals surface area contributed by atoms with Gasteiger partial charge in [0.15, 0.2) is 0 Å². The number of aromatic nitrogens is 2. The molecule has 0 saturated heterocycles. The Morgan fingerprint density at radius 1 is 1.20 bits per heavy atom. The Kier molecular flexibility index (Phi) is 5.50. The lowest BCUT2D eigenvalue weighted by Gasteiger charge is -2.07. The molecule has 128 valence electrons. The number of benzene rings is 2. The highest BCUT2D eigenvalue weighted by Crippen LogP contribution is 2.19. The van der Waals surface area contributed by atoms with Gasteiger partial charge >= 0.3 is 0 Å². The van der Waals surface area contributed by atoms with Gasteiger partial charge in [0.1, 0.15) is 5.82 Å². The molecule has 0 spiro atoms. The molecule has 2 N–H and O–H groups in total. The van der Waals surface area contributed by atoms with Crippen molar-refractivity contribution in [3.05, 3.63) is 64.7 Å². The zero-order valence-corrected chi connectivity index (χ0v) is 14.7. The Morgan fingerprint density at radius 3 is 2.88 bits per heavy atom. The van der Waals surface area contributed by atoms with Crippen LogP contribution >= 0.6 is 11.8 Å². The largest absolute Gasteiger partial charge is 0.326 e. The molecule has 1 heterocycles. The Bertz CT molecular complexity index is 953. The molecule has 6 heteroatoms. The maximum atomic E-state index is 12.1. The van der Waals surface area contributed by atoms with Gasteiger partial charge in [0.25, 0.3) is 5.56 Å². The van der Waals surface area contributed by atoms with Gasteiger partial charge in [-0.2, -0.15) is 0 Å². The van der Waals surface area contributed by atoms with Crippen molar-refractivity contribution in [3.63, 3.8) is 0 Å². The average molecular weight is 353 g/mol. The van der Waals surface area contributed by atoms with Gasteiger partial charge in [-0.05, 0) is 43.0 Å². The van der Waals surface area contributed by atoms with E-state index in [9.17, 15) is 9.59 Å². The van der Waals surface area contributed by atoms with Crippen molar-refractivity contribution < 1.29 is 4.79 Å². The minimum absolute atomic E-state index is 0.0404. The van der Waals surface area contributed by atoms with Crippen molar-refractivity contribution in [3.8, 4) is 0 Å². The second-order valence-electron chi connectivity index (χ2n) is 5.66. The topological polar surface area (TPSA) is 74.8 Å². The monoisotopic (exact) mass is 353 g/mol. The molecule has 5 nitrogen and oxygen atoms in total. The van der Waals surface area contributed by atoms with E-state index in [1.54, 1.807) is 17.8 Å². The summed E-state index contributed by atoms with van der Waals surface area (Å²) >= 11 is 1.63. The Hall–Kier alpha value is -2.60. The maximum Gasteiger partial charge on any atom is 0.258 e. The van der Waals surface area contributed by atoms with Crippen molar-refractivity contribution in [2.45, 2.75) is 24.2 Å². The second kappa shape index (κ2) is 7.98. The molecule has 0 atom stereocenters. The molecule has 0 fully saturated rings. The molecule has 2 aromatic carbocycles. The van der Waals surface area contributed by atoms with Gasteiger partial charge in [-0.3, -0.25) is 9.59 Å². The first-order chi connectivity index (χ1) is 12.2. The molecule has 0 aliphatic carbocycles. The van der Waals surface area contributed by atoms with E-state index in [2.05, 4.69) is 15.3 Å². The molecule has 1 aromatic heterocycles. The average Bonchev–Trinajstić information content (AvgIpc) is 2.62. The van der Waals surface area contributed by atoms with E-state index in [1.165, 1.54) is 0 Å². The fourth-order valence-electron chi connectivity index (χ4n) is 2.59. The third kappa shape index (κ3) is 4.48. The van der Waals surface area contributed by atoms with Crippen LogP contribution in [0.4, 0.5) is 5.69 Å². The van der Waals surface area contributed by atoms with E-state index < -0.39 is 0 Å². The lowest BCUT2D eigenvalue weighted by molar-refractivity contribution is -0.116. The fraction of sp³-hybridized carbons (Fsp3) is 0.211. The SMILES string of the molecule is CSc1cccc(NC(=O)CCCc2nc3ccccc3c(=O)[nH]2)c1. The maximum absolute atomic E-state index is 12.1. The van der Waals surface area contributed by atoms with Crippen molar-refractivity contribution in [1.29, 1.82) is 0 Å². The fourth-order valence-corrected chi connectivity index (χ4v) is 3.05. The lowest BCUT2D eigenvalue weighted by Crippen LogP contribution is -2.14. The Balaban J connectivity index is 1.57. The van der Waals surface area contributed by atoms with Crippen molar-refractivity contribution >= 4 is 34.3 Å². The summed E-state index contributed by atoms with van der Waals surface area (Å²) in [6, 6.07) is 15.0. The van der Waals surface area contributed by atoms with Crippen LogP contribution < -0.4 is 10.9 Å². The molecule has 3 aromatic rings. The summed E-state index contributed by atoms with van der Waals surface area (Å²) < 4.78 is 0. The number of thioether (sulfide) groups is 1. The summed E-state index contributed by atoms with van der Waals surface area (Å²) in [7, 11) is 0. The highest BCUT2D eigenvalue weighted by Gasteiger charge is 2.06. The number of fused-ring (bicyclic) bond motifs is 1. The van der Waals surface area contributed by atoms with E-state index in [1.807, 2.05) is 48.7 Å². The molecule has 25 heavy (non-hydrogen) atoms. The number of carbonyl (C=O) groups is 1. The van der Waals surface area contributed by atoms with E-state index in [4.69, 9.17) is 0 Å². The molecule has 0 unspecified atom stereocenters. The molecule has 0 aliphatic rings. The number of aromatic amines is 1. The number of anilines is 1. The van der Waals surface area contributed by atoms with Crippen LogP contribution in [0.25, 0.3) is 10.9 Å². The first-order valence-electron chi connectivity index (χ1n) is 8.07. The third-order valence-electron chi connectivity index (χ3n) is 3.83. The molecule has 0 saturated carbocycles. The van der Waals surface area contributed by atoms with Crippen LogP contribution in [0, 0.1) is 0 Å². The van der Waals surface area contributed by atoms with Gasteiger partial charge in [-0.15, -0.1) is 11.8 Å². The van der Waals surface area contributed by atoms with Gasteiger partial charge in [-0.25, -0.2) is 4.98 Å². The number of nitrogens with one attached hydrogen (secondary N) is 2. The minimum Gasteiger partial charge on any atom is -0.326 e. The highest BCUT2D eigenvalue weighted by atomic mass is 32.2. The van der Waals surface area contributed by atoms with Gasteiger partial charge in [0.05, 0.1) is 10.9 Å². The number of hydrogen-bond acceptors (Lipinski definition) is 4. The molecule has 0 bridgehead atoms. The molecule has 0 aliphatic heterocycles. The predicted octanol–water partition coefficient (Wildman–Crippen LogP) is 3.61. The Morgan fingerprint density at radius 2 is 2.04 bits per heavy atom. The number of para-hydroxylation sites is 1. The quantitative estimate of drug-likeness (QED) is 0.664. The number of hydrogen-bond donors (Lipinski definition) is 2. The first kappa shape index (κ1) is 17.2. The van der Waals surface area contributed by atoms with Gasteiger partial charge in [-0.1, -0.05) is 18.2 Å². The zero-order chi connectivity index (χ0) is 17.6.